The van der Waals surface area contributed by atoms with E-state index in [-0.39, 0.29) is 24.9 Å². The normalized spacial score (nSPS) is 15.9. The number of rotatable bonds is 15. The van der Waals surface area contributed by atoms with Gasteiger partial charge in [-0.05, 0) is 52.0 Å². The molecular weight excluding hydrogens is 500 g/mol. The van der Waals surface area contributed by atoms with Crippen LogP contribution in [0.2, 0.25) is 0 Å². The summed E-state index contributed by atoms with van der Waals surface area (Å²) >= 11 is 1.44. The van der Waals surface area contributed by atoms with Crippen LogP contribution < -0.4 is 16.0 Å². The van der Waals surface area contributed by atoms with Gasteiger partial charge in [-0.25, -0.2) is 8.42 Å². The maximum atomic E-state index is 13.6. The van der Waals surface area contributed by atoms with E-state index in [0.717, 1.165) is 11.8 Å². The molecule has 2 amide bonds. The van der Waals surface area contributed by atoms with E-state index in [1.54, 1.807) is 14.0 Å². The predicted molar refractivity (Wildman–Crippen MR) is 147 cm³/mol. The Morgan fingerprint density at radius 1 is 1.06 bits per heavy atom. The summed E-state index contributed by atoms with van der Waals surface area (Å²) in [5.74, 6) is -0.703. The molecule has 1 aromatic rings. The van der Waals surface area contributed by atoms with Crippen LogP contribution in [-0.2, 0) is 26.0 Å². The van der Waals surface area contributed by atoms with E-state index >= 15 is 0 Å². The van der Waals surface area contributed by atoms with Crippen LogP contribution in [0.15, 0.2) is 30.3 Å². The molecule has 0 aromatic heterocycles. The fourth-order valence-electron chi connectivity index (χ4n) is 3.58. The maximum absolute atomic E-state index is 13.6. The quantitative estimate of drug-likeness (QED) is 0.261. The molecule has 206 valence electrons. The second kappa shape index (κ2) is 14.3. The third kappa shape index (κ3) is 10.4. The summed E-state index contributed by atoms with van der Waals surface area (Å²) in [6.45, 7) is 9.32. The number of benzene rings is 1. The molecule has 0 bridgehead atoms. The molecule has 4 N–H and O–H groups in total. The van der Waals surface area contributed by atoms with Gasteiger partial charge in [-0.2, -0.15) is 16.1 Å². The predicted octanol–water partition coefficient (Wildman–Crippen LogP) is 1.23. The number of thioether (sulfide) groups is 1. The van der Waals surface area contributed by atoms with Crippen LogP contribution in [0.3, 0.4) is 0 Å². The number of nitrogens with zero attached hydrogens (tertiary/aromatic N) is 1. The number of hydrogen-bond acceptors (Lipinski definition) is 7. The van der Waals surface area contributed by atoms with E-state index < -0.39 is 44.9 Å². The molecule has 0 radical (unpaired) electrons. The highest BCUT2D eigenvalue weighted by Gasteiger charge is 2.38. The number of likely N-dealkylation sites (N-methyl/N-ethyl adjacent to an activating group) is 1. The second-order valence-corrected chi connectivity index (χ2v) is 13.5. The number of aliphatic hydroxyl groups excluding tert-OH is 1. The average molecular weight is 545 g/mol. The molecule has 0 aliphatic rings. The minimum atomic E-state index is -3.57. The zero-order valence-corrected chi connectivity index (χ0v) is 24.4. The van der Waals surface area contributed by atoms with Crippen LogP contribution in [-0.4, -0.2) is 91.3 Å². The van der Waals surface area contributed by atoms with Crippen LogP contribution in [0.1, 0.15) is 40.2 Å². The molecular formula is C25H44N4O5S2. The molecule has 4 atom stereocenters. The molecule has 4 unspecified atom stereocenters. The van der Waals surface area contributed by atoms with Crippen LogP contribution in [0.25, 0.3) is 0 Å². The van der Waals surface area contributed by atoms with Gasteiger partial charge in [0.1, 0.15) is 6.04 Å². The Morgan fingerprint density at radius 3 is 2.11 bits per heavy atom. The lowest BCUT2D eigenvalue weighted by atomic mass is 9.97. The number of aliphatic hydroxyl groups is 1. The summed E-state index contributed by atoms with van der Waals surface area (Å²) in [7, 11) is -1.91. The summed E-state index contributed by atoms with van der Waals surface area (Å²) in [5.41, 5.74) is 0.880. The first-order valence-electron chi connectivity index (χ1n) is 12.1. The van der Waals surface area contributed by atoms with E-state index in [0.29, 0.717) is 6.42 Å². The number of carbonyl (C=O) groups excluding carboxylic acids is 2. The van der Waals surface area contributed by atoms with Crippen LogP contribution in [0, 0.1) is 5.92 Å². The van der Waals surface area contributed by atoms with Gasteiger partial charge in [-0.15, -0.1) is 0 Å². The molecule has 1 aromatic carbocycles. The highest BCUT2D eigenvalue weighted by atomic mass is 32.2. The smallest absolute Gasteiger partial charge is 0.244 e. The molecule has 0 saturated heterocycles. The molecule has 0 aliphatic heterocycles. The molecule has 0 fully saturated rings. The van der Waals surface area contributed by atoms with Crippen molar-refractivity contribution in [3.8, 4) is 0 Å². The highest BCUT2D eigenvalue weighted by Crippen LogP contribution is 2.26. The topological polar surface area (TPSA) is 128 Å². The van der Waals surface area contributed by atoms with E-state index in [4.69, 9.17) is 0 Å². The number of nitrogens with one attached hydrogen (secondary N) is 3. The molecule has 0 saturated carbocycles. The molecule has 0 heterocycles. The summed E-state index contributed by atoms with van der Waals surface area (Å²) in [5, 5.41) is 19.8. The molecule has 36 heavy (non-hydrogen) atoms. The SMILES string of the molecule is CNC(C)C(=O)NC(C(=O)NC(Cc1ccccc1)C(O)CN(CC(C)C)S(C)(=O)=O)C(C)(C)SC. The van der Waals surface area contributed by atoms with Gasteiger partial charge in [-0.3, -0.25) is 9.59 Å². The lowest BCUT2D eigenvalue weighted by molar-refractivity contribution is -0.131. The van der Waals surface area contributed by atoms with Crippen molar-refractivity contribution in [2.75, 3.05) is 32.6 Å². The Bertz CT molecular complexity index is 941. The highest BCUT2D eigenvalue weighted by molar-refractivity contribution is 8.00. The zero-order valence-electron chi connectivity index (χ0n) is 22.7. The Kier molecular flexibility index (Phi) is 12.9. The Hall–Kier alpha value is -1.66. The Morgan fingerprint density at radius 2 is 1.64 bits per heavy atom. The Labute approximate surface area is 221 Å². The zero-order chi connectivity index (χ0) is 27.7. The van der Waals surface area contributed by atoms with Crippen molar-refractivity contribution < 1.29 is 23.1 Å². The van der Waals surface area contributed by atoms with Crippen LogP contribution in [0.5, 0.6) is 0 Å². The monoisotopic (exact) mass is 544 g/mol. The standard InChI is InChI=1S/C25H44N4O5S2/c1-17(2)15-29(36(8,33)34)16-21(30)20(14-19-12-10-9-11-13-19)27-24(32)22(25(4,5)35-7)28-23(31)18(3)26-6/h9-13,17-18,20-22,26,30H,14-16H2,1-8H3,(H,27,32)(H,28,31). The van der Waals surface area contributed by atoms with E-state index in [9.17, 15) is 23.1 Å². The lowest BCUT2D eigenvalue weighted by Crippen LogP contribution is -2.62. The maximum Gasteiger partial charge on any atom is 0.244 e. The van der Waals surface area contributed by atoms with Crippen molar-refractivity contribution in [2.45, 2.75) is 70.0 Å². The number of sulfonamides is 1. The van der Waals surface area contributed by atoms with Gasteiger partial charge in [0.25, 0.3) is 0 Å². The fourth-order valence-corrected chi connectivity index (χ4v) is 4.97. The lowest BCUT2D eigenvalue weighted by Gasteiger charge is -2.35. The third-order valence-corrected chi connectivity index (χ3v) is 8.64. The second-order valence-electron chi connectivity index (χ2n) is 10.1. The van der Waals surface area contributed by atoms with Crippen molar-refractivity contribution >= 4 is 33.6 Å². The largest absolute Gasteiger partial charge is 0.390 e. The van der Waals surface area contributed by atoms with Gasteiger partial charge < -0.3 is 21.1 Å². The van der Waals surface area contributed by atoms with Gasteiger partial charge in [0.05, 0.1) is 24.4 Å². The molecule has 0 spiro atoms. The fraction of sp³-hybridized carbons (Fsp3) is 0.680. The van der Waals surface area contributed by atoms with Crippen LogP contribution in [0.4, 0.5) is 0 Å². The van der Waals surface area contributed by atoms with Gasteiger partial charge in [0.2, 0.25) is 21.8 Å². The van der Waals surface area contributed by atoms with E-state index in [2.05, 4.69) is 16.0 Å². The minimum absolute atomic E-state index is 0.0604. The van der Waals surface area contributed by atoms with Crippen molar-refractivity contribution in [3.05, 3.63) is 35.9 Å². The van der Waals surface area contributed by atoms with Crippen molar-refractivity contribution in [2.24, 2.45) is 5.92 Å². The van der Waals surface area contributed by atoms with Crippen molar-refractivity contribution in [1.82, 2.24) is 20.3 Å². The third-order valence-electron chi connectivity index (χ3n) is 6.12. The van der Waals surface area contributed by atoms with E-state index in [1.807, 2.05) is 64.3 Å². The molecule has 9 nitrogen and oxygen atoms in total. The molecule has 0 aliphatic carbocycles. The van der Waals surface area contributed by atoms with Crippen molar-refractivity contribution in [1.29, 1.82) is 0 Å². The van der Waals surface area contributed by atoms with Gasteiger partial charge in [-0.1, -0.05) is 44.2 Å². The number of hydrogen-bond donors (Lipinski definition) is 4. The van der Waals surface area contributed by atoms with E-state index in [1.165, 1.54) is 16.1 Å². The number of carbonyl (C=O) groups is 2. The van der Waals surface area contributed by atoms with Gasteiger partial charge in [0, 0.05) is 17.8 Å². The number of amides is 2. The summed E-state index contributed by atoms with van der Waals surface area (Å²) in [6, 6.07) is 7.20. The Balaban J connectivity index is 3.27. The molecule has 1 rings (SSSR count). The first-order valence-corrected chi connectivity index (χ1v) is 15.2. The molecule has 11 heteroatoms. The first-order chi connectivity index (χ1) is 16.6. The summed E-state index contributed by atoms with van der Waals surface area (Å²) in [4.78, 5) is 26.2. The van der Waals surface area contributed by atoms with Gasteiger partial charge >= 0.3 is 0 Å². The summed E-state index contributed by atoms with van der Waals surface area (Å²) < 4.78 is 25.3. The van der Waals surface area contributed by atoms with Gasteiger partial charge in [0.15, 0.2) is 0 Å². The summed E-state index contributed by atoms with van der Waals surface area (Å²) in [6.07, 6.45) is 2.09. The average Bonchev–Trinajstić information content (AvgIpc) is 2.80. The van der Waals surface area contributed by atoms with Crippen LogP contribution >= 0.6 is 11.8 Å². The first kappa shape index (κ1) is 32.4. The van der Waals surface area contributed by atoms with Crippen molar-refractivity contribution in [3.63, 3.8) is 0 Å². The minimum Gasteiger partial charge on any atom is -0.390 e.